The van der Waals surface area contributed by atoms with Gasteiger partial charge in [-0.2, -0.15) is 5.26 Å². The summed E-state index contributed by atoms with van der Waals surface area (Å²) in [5.74, 6) is -0.344. The van der Waals surface area contributed by atoms with Crippen molar-refractivity contribution < 1.29 is 23.9 Å². The Labute approximate surface area is 134 Å². The van der Waals surface area contributed by atoms with Crippen molar-refractivity contribution in [2.45, 2.75) is 0 Å². The van der Waals surface area contributed by atoms with E-state index in [1.807, 2.05) is 6.07 Å². The molecule has 0 bridgehead atoms. The van der Waals surface area contributed by atoms with Crippen LogP contribution in [0, 0.1) is 21.4 Å². The van der Waals surface area contributed by atoms with Gasteiger partial charge in [-0.1, -0.05) is 0 Å². The quantitative estimate of drug-likeness (QED) is 0.504. The molecule has 0 saturated carbocycles. The molecule has 10 heteroatoms. The molecule has 1 aliphatic rings. The van der Waals surface area contributed by atoms with Crippen LogP contribution in [0.2, 0.25) is 0 Å². The molecule has 10 nitrogen and oxygen atoms in total. The van der Waals surface area contributed by atoms with Crippen molar-refractivity contribution in [2.24, 2.45) is 0 Å². The second kappa shape index (κ2) is 5.47. The van der Waals surface area contributed by atoms with Gasteiger partial charge in [-0.05, 0) is 0 Å². The molecule has 0 fully saturated rings. The van der Waals surface area contributed by atoms with E-state index in [0.717, 1.165) is 11.7 Å². The molecule has 3 rings (SSSR count). The van der Waals surface area contributed by atoms with Crippen LogP contribution in [-0.4, -0.2) is 29.4 Å². The minimum Gasteiger partial charge on any atom is -0.464 e. The molecule has 24 heavy (non-hydrogen) atoms. The number of hydrogen-bond donors (Lipinski definition) is 1. The normalized spacial score (nSPS) is 11.8. The van der Waals surface area contributed by atoms with Crippen molar-refractivity contribution in [1.29, 1.82) is 5.26 Å². The van der Waals surface area contributed by atoms with Crippen LogP contribution in [-0.2, 0) is 4.74 Å². The summed E-state index contributed by atoms with van der Waals surface area (Å²) in [5.41, 5.74) is 5.13. The Morgan fingerprint density at radius 3 is 2.71 bits per heavy atom. The average molecular weight is 330 g/mol. The van der Waals surface area contributed by atoms with Gasteiger partial charge in [0.25, 0.3) is 5.69 Å². The summed E-state index contributed by atoms with van der Waals surface area (Å²) in [6, 6.07) is 4.35. The number of anilines is 1. The molecule has 122 valence electrons. The van der Waals surface area contributed by atoms with Crippen LogP contribution in [0.1, 0.15) is 16.1 Å². The topological polar surface area (TPSA) is 143 Å². The number of nitrogens with zero attached hydrogens (tertiary/aromatic N) is 3. The molecular weight excluding hydrogens is 320 g/mol. The second-order valence-corrected chi connectivity index (χ2v) is 4.73. The monoisotopic (exact) mass is 330 g/mol. The van der Waals surface area contributed by atoms with Gasteiger partial charge < -0.3 is 24.5 Å². The molecule has 2 N–H and O–H groups in total. The van der Waals surface area contributed by atoms with Crippen LogP contribution in [0.5, 0.6) is 11.5 Å². The number of methoxy groups -OCH3 is 1. The Morgan fingerprint density at radius 2 is 2.12 bits per heavy atom. The first-order valence-electron chi connectivity index (χ1n) is 6.55. The van der Waals surface area contributed by atoms with Crippen molar-refractivity contribution in [2.75, 3.05) is 19.6 Å². The summed E-state index contributed by atoms with van der Waals surface area (Å²) in [7, 11) is 1.14. The largest absolute Gasteiger partial charge is 0.464 e. The summed E-state index contributed by atoms with van der Waals surface area (Å²) in [6.07, 6.45) is 1.23. The second-order valence-electron chi connectivity index (χ2n) is 4.73. The molecule has 0 spiro atoms. The number of nitro groups is 1. The van der Waals surface area contributed by atoms with E-state index in [1.54, 1.807) is 0 Å². The van der Waals surface area contributed by atoms with Gasteiger partial charge >= 0.3 is 5.97 Å². The molecule has 0 aliphatic carbocycles. The average Bonchev–Trinajstić information content (AvgIpc) is 3.16. The van der Waals surface area contributed by atoms with E-state index in [-0.39, 0.29) is 46.6 Å². The number of benzene rings is 1. The molecule has 2 aromatic rings. The zero-order valence-corrected chi connectivity index (χ0v) is 12.3. The van der Waals surface area contributed by atoms with Crippen LogP contribution in [0.3, 0.4) is 0 Å². The van der Waals surface area contributed by atoms with Crippen LogP contribution in [0.15, 0.2) is 18.3 Å². The third kappa shape index (κ3) is 2.15. The summed E-state index contributed by atoms with van der Waals surface area (Å²) in [4.78, 5) is 22.8. The van der Waals surface area contributed by atoms with E-state index < -0.39 is 10.9 Å². The predicted molar refractivity (Wildman–Crippen MR) is 79.0 cm³/mol. The van der Waals surface area contributed by atoms with Crippen LogP contribution >= 0.6 is 0 Å². The van der Waals surface area contributed by atoms with Crippen LogP contribution < -0.4 is 15.2 Å². The smallest absolute Gasteiger partial charge is 0.357 e. The Morgan fingerprint density at radius 1 is 1.46 bits per heavy atom. The number of ether oxygens (including phenoxy) is 3. The van der Waals surface area contributed by atoms with Gasteiger partial charge in [0.15, 0.2) is 17.2 Å². The van der Waals surface area contributed by atoms with E-state index in [2.05, 4.69) is 4.74 Å². The highest BCUT2D eigenvalue weighted by atomic mass is 16.7. The number of esters is 1. The van der Waals surface area contributed by atoms with Gasteiger partial charge in [0.05, 0.1) is 29.4 Å². The molecule has 2 heterocycles. The highest BCUT2D eigenvalue weighted by Crippen LogP contribution is 2.40. The third-order valence-electron chi connectivity index (χ3n) is 3.47. The van der Waals surface area contributed by atoms with Gasteiger partial charge in [-0.15, -0.1) is 0 Å². The number of nitrogen functional groups attached to an aromatic ring is 1. The first kappa shape index (κ1) is 15.2. The zero-order valence-electron chi connectivity index (χ0n) is 12.3. The fraction of sp³-hybridized carbons (Fsp3) is 0.143. The first-order valence-corrected chi connectivity index (χ1v) is 6.55. The van der Waals surface area contributed by atoms with Crippen molar-refractivity contribution >= 4 is 17.3 Å². The number of nitrogens with two attached hydrogens (primary N) is 1. The standard InChI is InChI=1S/C14H10N4O6/c1-22-14(19)13-12(16)7(4-15)5-17(13)8-2-10-11(24-6-23-10)3-9(8)18(20)21/h2-3,5H,6,16H2,1H3. The van der Waals surface area contributed by atoms with Crippen molar-refractivity contribution in [1.82, 2.24) is 4.57 Å². The summed E-state index contributed by atoms with van der Waals surface area (Å²) >= 11 is 0. The van der Waals surface area contributed by atoms with Gasteiger partial charge in [-0.3, -0.25) is 10.1 Å². The fourth-order valence-electron chi connectivity index (χ4n) is 2.36. The van der Waals surface area contributed by atoms with E-state index >= 15 is 0 Å². The van der Waals surface area contributed by atoms with E-state index in [1.165, 1.54) is 18.3 Å². The number of aromatic nitrogens is 1. The Balaban J connectivity index is 2.32. The summed E-state index contributed by atoms with van der Waals surface area (Å²) in [6.45, 7) is -0.0724. The molecule has 0 saturated heterocycles. The number of nitro benzene ring substituents is 1. The highest BCUT2D eigenvalue weighted by molar-refractivity contribution is 5.96. The lowest BCUT2D eigenvalue weighted by Gasteiger charge is -2.10. The summed E-state index contributed by atoms with van der Waals surface area (Å²) < 4.78 is 16.1. The lowest BCUT2D eigenvalue weighted by molar-refractivity contribution is -0.384. The number of carbonyl (C=O) groups excluding carboxylic acids is 1. The molecule has 1 aromatic heterocycles. The number of hydrogen-bond acceptors (Lipinski definition) is 8. The SMILES string of the molecule is COC(=O)c1c(N)c(C#N)cn1-c1cc2c(cc1[N+](=O)[O-])OCO2. The van der Waals surface area contributed by atoms with Crippen molar-refractivity contribution in [3.8, 4) is 23.3 Å². The lowest BCUT2D eigenvalue weighted by atomic mass is 10.2. The van der Waals surface area contributed by atoms with Gasteiger partial charge in [0.1, 0.15) is 11.8 Å². The highest BCUT2D eigenvalue weighted by Gasteiger charge is 2.29. The molecule has 0 radical (unpaired) electrons. The summed E-state index contributed by atoms with van der Waals surface area (Å²) in [5, 5.41) is 20.5. The van der Waals surface area contributed by atoms with Crippen molar-refractivity contribution in [3.05, 3.63) is 39.7 Å². The number of fused-ring (bicyclic) bond motifs is 1. The molecule has 0 atom stereocenters. The maximum atomic E-state index is 12.0. The zero-order chi connectivity index (χ0) is 17.4. The molecule has 0 unspecified atom stereocenters. The van der Waals surface area contributed by atoms with E-state index in [4.69, 9.17) is 20.5 Å². The van der Waals surface area contributed by atoms with Gasteiger partial charge in [0.2, 0.25) is 6.79 Å². The molecule has 1 aliphatic heterocycles. The van der Waals surface area contributed by atoms with Gasteiger partial charge in [0, 0.05) is 12.3 Å². The lowest BCUT2D eigenvalue weighted by Crippen LogP contribution is -2.12. The maximum Gasteiger partial charge on any atom is 0.357 e. The fourth-order valence-corrected chi connectivity index (χ4v) is 2.36. The number of nitriles is 1. The Bertz CT molecular complexity index is 911. The first-order chi connectivity index (χ1) is 11.5. The van der Waals surface area contributed by atoms with E-state index in [0.29, 0.717) is 0 Å². The van der Waals surface area contributed by atoms with Crippen molar-refractivity contribution in [3.63, 3.8) is 0 Å². The molecular formula is C14H10N4O6. The van der Waals surface area contributed by atoms with Crippen LogP contribution in [0.4, 0.5) is 11.4 Å². The third-order valence-corrected chi connectivity index (χ3v) is 3.47. The maximum absolute atomic E-state index is 12.0. The molecule has 0 amide bonds. The van der Waals surface area contributed by atoms with E-state index in [9.17, 15) is 14.9 Å². The van der Waals surface area contributed by atoms with Crippen LogP contribution in [0.25, 0.3) is 5.69 Å². The minimum absolute atomic E-state index is 0.00199. The number of rotatable bonds is 3. The molecule has 1 aromatic carbocycles. The predicted octanol–water partition coefficient (Wildman–Crippen LogP) is 1.35. The minimum atomic E-state index is -0.832. The Kier molecular flexibility index (Phi) is 3.46. The number of carbonyl (C=O) groups is 1. The van der Waals surface area contributed by atoms with Gasteiger partial charge in [-0.25, -0.2) is 4.79 Å². The Hall–Kier alpha value is -3.74.